The summed E-state index contributed by atoms with van der Waals surface area (Å²) in [7, 11) is 0. The van der Waals surface area contributed by atoms with Crippen molar-refractivity contribution in [3.05, 3.63) is 15.6 Å². The van der Waals surface area contributed by atoms with Gasteiger partial charge in [-0.05, 0) is 51.5 Å². The molecule has 1 N–H and O–H groups in total. The fourth-order valence-electron chi connectivity index (χ4n) is 3.44. The predicted octanol–water partition coefficient (Wildman–Crippen LogP) is 3.19. The van der Waals surface area contributed by atoms with Gasteiger partial charge in [0.15, 0.2) is 0 Å². The summed E-state index contributed by atoms with van der Waals surface area (Å²) in [6.45, 7) is 7.35. The minimum Gasteiger partial charge on any atom is -0.481 e. The smallest absolute Gasteiger partial charge is 0.303 e. The molecule has 0 aromatic carbocycles. The molecule has 4 nitrogen and oxygen atoms in total. The van der Waals surface area contributed by atoms with E-state index in [-0.39, 0.29) is 5.41 Å². The summed E-state index contributed by atoms with van der Waals surface area (Å²) in [5.74, 6) is -0.107. The van der Waals surface area contributed by atoms with Crippen molar-refractivity contribution in [3.63, 3.8) is 0 Å². The summed E-state index contributed by atoms with van der Waals surface area (Å²) in [6.07, 6.45) is 4.91. The molecule has 116 valence electrons. The number of carboxylic acids is 1. The molecular weight excluding hydrogens is 284 g/mol. The van der Waals surface area contributed by atoms with Crippen LogP contribution in [-0.4, -0.2) is 40.6 Å². The zero-order valence-corrected chi connectivity index (χ0v) is 13.7. The number of likely N-dealkylation sites (tertiary alicyclic amines) is 1. The van der Waals surface area contributed by atoms with Crippen molar-refractivity contribution < 1.29 is 9.90 Å². The second kappa shape index (κ2) is 5.69. The van der Waals surface area contributed by atoms with E-state index >= 15 is 0 Å². The van der Waals surface area contributed by atoms with Gasteiger partial charge in [-0.1, -0.05) is 0 Å². The maximum Gasteiger partial charge on any atom is 0.303 e. The van der Waals surface area contributed by atoms with E-state index in [1.165, 1.54) is 22.7 Å². The van der Waals surface area contributed by atoms with Gasteiger partial charge in [-0.3, -0.25) is 4.79 Å². The zero-order chi connectivity index (χ0) is 15.0. The Kier molecular flexibility index (Phi) is 4.06. The van der Waals surface area contributed by atoms with Crippen LogP contribution < -0.4 is 0 Å². The molecule has 1 unspecified atom stereocenters. The lowest BCUT2D eigenvalue weighted by Gasteiger charge is -2.34. The van der Waals surface area contributed by atoms with Gasteiger partial charge in [0, 0.05) is 23.9 Å². The number of carboxylic acid groups (broad SMARTS) is 1. The number of hydrogen-bond donors (Lipinski definition) is 1. The molecule has 21 heavy (non-hydrogen) atoms. The molecule has 5 heteroatoms. The van der Waals surface area contributed by atoms with Gasteiger partial charge in [-0.2, -0.15) is 0 Å². The lowest BCUT2D eigenvalue weighted by atomic mass is 9.95. The third-order valence-corrected chi connectivity index (χ3v) is 6.18. The van der Waals surface area contributed by atoms with Crippen LogP contribution >= 0.6 is 11.3 Å². The highest BCUT2D eigenvalue weighted by Gasteiger charge is 2.46. The zero-order valence-electron chi connectivity index (χ0n) is 12.9. The summed E-state index contributed by atoms with van der Waals surface area (Å²) in [5, 5.41) is 10.3. The van der Waals surface area contributed by atoms with Gasteiger partial charge in [0.05, 0.1) is 17.1 Å². The number of hydrogen-bond acceptors (Lipinski definition) is 4. The van der Waals surface area contributed by atoms with Gasteiger partial charge < -0.3 is 10.0 Å². The largest absolute Gasteiger partial charge is 0.481 e. The number of thiazole rings is 1. The van der Waals surface area contributed by atoms with Crippen molar-refractivity contribution in [1.29, 1.82) is 0 Å². The topological polar surface area (TPSA) is 53.4 Å². The van der Waals surface area contributed by atoms with Crippen LogP contribution in [0, 0.1) is 19.3 Å². The molecule has 0 radical (unpaired) electrons. The molecule has 3 rings (SSSR count). The third-order valence-electron chi connectivity index (χ3n) is 4.94. The number of carbonyl (C=O) groups is 1. The molecule has 1 saturated heterocycles. The number of nitrogens with zero attached hydrogens (tertiary/aromatic N) is 2. The molecule has 2 aliphatic rings. The second-order valence-corrected chi connectivity index (χ2v) is 8.07. The van der Waals surface area contributed by atoms with Crippen LogP contribution in [0.25, 0.3) is 0 Å². The number of aliphatic carboxylic acids is 1. The van der Waals surface area contributed by atoms with Crippen LogP contribution in [0.15, 0.2) is 0 Å². The number of rotatable bonds is 5. The van der Waals surface area contributed by atoms with E-state index in [4.69, 9.17) is 10.1 Å². The van der Waals surface area contributed by atoms with E-state index in [0.29, 0.717) is 12.3 Å². The highest BCUT2D eigenvalue weighted by atomic mass is 32.1. The number of piperidine rings is 1. The highest BCUT2D eigenvalue weighted by Crippen LogP contribution is 2.50. The maximum atomic E-state index is 11.0. The Morgan fingerprint density at radius 2 is 2.24 bits per heavy atom. The average molecular weight is 308 g/mol. The quantitative estimate of drug-likeness (QED) is 0.907. The first-order chi connectivity index (χ1) is 9.97. The number of aryl methyl sites for hydroxylation is 2. The fourth-order valence-corrected chi connectivity index (χ4v) is 4.48. The molecule has 1 atom stereocenters. The molecule has 1 aliphatic heterocycles. The normalized spacial score (nSPS) is 25.0. The lowest BCUT2D eigenvalue weighted by molar-refractivity contribution is -0.138. The fraction of sp³-hybridized carbons (Fsp3) is 0.750. The molecule has 0 amide bonds. The monoisotopic (exact) mass is 308 g/mol. The van der Waals surface area contributed by atoms with Crippen molar-refractivity contribution >= 4 is 17.3 Å². The third kappa shape index (κ3) is 3.46. The van der Waals surface area contributed by atoms with Crippen molar-refractivity contribution in [2.75, 3.05) is 19.6 Å². The van der Waals surface area contributed by atoms with E-state index in [2.05, 4.69) is 18.7 Å². The first-order valence-corrected chi connectivity index (χ1v) is 8.67. The van der Waals surface area contributed by atoms with Gasteiger partial charge >= 0.3 is 5.97 Å². The minimum absolute atomic E-state index is 0.0719. The molecular formula is C16H24N2O2S. The summed E-state index contributed by atoms with van der Waals surface area (Å²) in [6, 6.07) is 0. The van der Waals surface area contributed by atoms with Crippen LogP contribution in [-0.2, 0) is 4.79 Å². The average Bonchev–Trinajstić information content (AvgIpc) is 3.07. The van der Waals surface area contributed by atoms with Crippen molar-refractivity contribution in [2.24, 2.45) is 5.41 Å². The van der Waals surface area contributed by atoms with Crippen molar-refractivity contribution in [3.8, 4) is 0 Å². The molecule has 2 heterocycles. The number of aromatic nitrogens is 1. The van der Waals surface area contributed by atoms with E-state index in [1.807, 2.05) is 11.3 Å². The van der Waals surface area contributed by atoms with E-state index < -0.39 is 5.97 Å². The van der Waals surface area contributed by atoms with E-state index in [0.717, 1.165) is 38.2 Å². The molecule has 2 fully saturated rings. The molecule has 0 spiro atoms. The standard InChI is InChI=1S/C16H24N2O2S/c1-11-12(2)21-15(17-11)13-4-3-7-18(9-13)10-16(5-6-16)8-14(19)20/h13H,3-10H2,1-2H3,(H,19,20). The van der Waals surface area contributed by atoms with Crippen molar-refractivity contribution in [2.45, 2.75) is 51.9 Å². The Labute approximate surface area is 130 Å². The molecule has 1 saturated carbocycles. The SMILES string of the molecule is Cc1nc(C2CCCN(CC3(CC(=O)O)CC3)C2)sc1C. The molecule has 0 bridgehead atoms. The van der Waals surface area contributed by atoms with Crippen LogP contribution in [0.1, 0.15) is 53.6 Å². The molecule has 1 aromatic heterocycles. The first kappa shape index (κ1) is 15.0. The maximum absolute atomic E-state index is 11.0. The van der Waals surface area contributed by atoms with Gasteiger partial charge in [0.2, 0.25) is 0 Å². The summed E-state index contributed by atoms with van der Waals surface area (Å²) in [4.78, 5) is 19.5. The summed E-state index contributed by atoms with van der Waals surface area (Å²) < 4.78 is 0. The van der Waals surface area contributed by atoms with Gasteiger partial charge in [-0.15, -0.1) is 11.3 Å². The first-order valence-electron chi connectivity index (χ1n) is 7.85. The van der Waals surface area contributed by atoms with Crippen molar-refractivity contribution in [1.82, 2.24) is 9.88 Å². The van der Waals surface area contributed by atoms with Crippen LogP contribution in [0.5, 0.6) is 0 Å². The lowest BCUT2D eigenvalue weighted by Crippen LogP contribution is -2.38. The molecule has 1 aromatic rings. The Balaban J connectivity index is 1.62. The van der Waals surface area contributed by atoms with E-state index in [1.54, 1.807) is 0 Å². The van der Waals surface area contributed by atoms with Gasteiger partial charge in [-0.25, -0.2) is 4.98 Å². The Bertz CT molecular complexity index is 517. The van der Waals surface area contributed by atoms with Gasteiger partial charge in [0.25, 0.3) is 0 Å². The Morgan fingerprint density at radius 3 is 2.81 bits per heavy atom. The van der Waals surface area contributed by atoms with E-state index in [9.17, 15) is 4.79 Å². The van der Waals surface area contributed by atoms with Crippen LogP contribution in [0.2, 0.25) is 0 Å². The molecule has 1 aliphatic carbocycles. The highest BCUT2D eigenvalue weighted by molar-refractivity contribution is 7.11. The van der Waals surface area contributed by atoms with Gasteiger partial charge in [0.1, 0.15) is 0 Å². The second-order valence-electron chi connectivity index (χ2n) is 6.84. The summed E-state index contributed by atoms with van der Waals surface area (Å²) >= 11 is 1.84. The Morgan fingerprint density at radius 1 is 1.48 bits per heavy atom. The summed E-state index contributed by atoms with van der Waals surface area (Å²) in [5.41, 5.74) is 1.24. The Hall–Kier alpha value is -0.940. The van der Waals surface area contributed by atoms with Crippen LogP contribution in [0.3, 0.4) is 0 Å². The minimum atomic E-state index is -0.646. The predicted molar refractivity (Wildman–Crippen MR) is 83.9 cm³/mol. The van der Waals surface area contributed by atoms with Crippen LogP contribution in [0.4, 0.5) is 0 Å².